The van der Waals surface area contributed by atoms with Crippen molar-refractivity contribution >= 4 is 23.4 Å². The highest BCUT2D eigenvalue weighted by Gasteiger charge is 2.20. The first kappa shape index (κ1) is 16.2. The summed E-state index contributed by atoms with van der Waals surface area (Å²) in [4.78, 5) is 14.8. The summed E-state index contributed by atoms with van der Waals surface area (Å²) in [6.45, 7) is 3.97. The van der Waals surface area contributed by atoms with Gasteiger partial charge in [0.1, 0.15) is 0 Å². The number of likely N-dealkylation sites (tertiary alicyclic amines) is 1. The number of piperidine rings is 1. The molecule has 0 spiro atoms. The van der Waals surface area contributed by atoms with Crippen LogP contribution in [-0.2, 0) is 0 Å². The number of aromatic carboxylic acids is 1. The van der Waals surface area contributed by atoms with Crippen LogP contribution in [0.1, 0.15) is 36.5 Å². The summed E-state index contributed by atoms with van der Waals surface area (Å²) in [6.07, 6.45) is 3.69. The third-order valence-electron chi connectivity index (χ3n) is 3.99. The first-order valence-corrected chi connectivity index (χ1v) is 8.55. The lowest BCUT2D eigenvalue weighted by molar-refractivity contribution is 0.0694. The van der Waals surface area contributed by atoms with Crippen LogP contribution in [0.4, 0.5) is 5.69 Å². The fraction of sp³-hybridized carbons (Fsp3) is 0.562. The third-order valence-corrected chi connectivity index (χ3v) is 4.93. The fourth-order valence-electron chi connectivity index (χ4n) is 2.80. The van der Waals surface area contributed by atoms with E-state index in [1.807, 2.05) is 25.1 Å². The van der Waals surface area contributed by atoms with Gasteiger partial charge in [-0.3, -0.25) is 0 Å². The summed E-state index contributed by atoms with van der Waals surface area (Å²) in [7, 11) is 2.15. The quantitative estimate of drug-likeness (QED) is 0.789. The van der Waals surface area contributed by atoms with Crippen LogP contribution >= 0.6 is 11.8 Å². The second kappa shape index (κ2) is 7.71. The predicted molar refractivity (Wildman–Crippen MR) is 88.6 cm³/mol. The van der Waals surface area contributed by atoms with Crippen LogP contribution in [0.5, 0.6) is 0 Å². The molecule has 0 aliphatic carbocycles. The van der Waals surface area contributed by atoms with Gasteiger partial charge in [-0.15, -0.1) is 11.8 Å². The summed E-state index contributed by atoms with van der Waals surface area (Å²) in [5, 5.41) is 12.9. The van der Waals surface area contributed by atoms with Crippen LogP contribution < -0.4 is 5.32 Å². The van der Waals surface area contributed by atoms with E-state index in [-0.39, 0.29) is 0 Å². The number of benzene rings is 1. The van der Waals surface area contributed by atoms with Gasteiger partial charge in [0, 0.05) is 23.2 Å². The Bertz CT molecular complexity index is 493. The van der Waals surface area contributed by atoms with Gasteiger partial charge in [0.15, 0.2) is 0 Å². The van der Waals surface area contributed by atoms with E-state index in [4.69, 9.17) is 0 Å². The number of likely N-dealkylation sites (N-methyl/N-ethyl adjacent to an activating group) is 1. The lowest BCUT2D eigenvalue weighted by atomic mass is 10.0. The Kier molecular flexibility index (Phi) is 5.94. The summed E-state index contributed by atoms with van der Waals surface area (Å²) >= 11 is 1.58. The molecule has 116 valence electrons. The highest BCUT2D eigenvalue weighted by Crippen LogP contribution is 2.29. The maximum absolute atomic E-state index is 11.6. The van der Waals surface area contributed by atoms with Gasteiger partial charge < -0.3 is 15.3 Å². The smallest absolute Gasteiger partial charge is 0.338 e. The molecule has 0 radical (unpaired) electrons. The van der Waals surface area contributed by atoms with Crippen molar-refractivity contribution in [2.75, 3.05) is 31.2 Å². The van der Waals surface area contributed by atoms with Gasteiger partial charge in [-0.25, -0.2) is 4.79 Å². The lowest BCUT2D eigenvalue weighted by Gasteiger charge is -2.33. The van der Waals surface area contributed by atoms with E-state index in [2.05, 4.69) is 17.3 Å². The van der Waals surface area contributed by atoms with Gasteiger partial charge in [0.2, 0.25) is 0 Å². The van der Waals surface area contributed by atoms with E-state index in [1.165, 1.54) is 19.3 Å². The average Bonchev–Trinajstić information content (AvgIpc) is 2.46. The number of hydrogen-bond acceptors (Lipinski definition) is 4. The van der Waals surface area contributed by atoms with E-state index >= 15 is 0 Å². The highest BCUT2D eigenvalue weighted by atomic mass is 32.2. The molecule has 0 amide bonds. The number of hydrogen-bond donors (Lipinski definition) is 2. The summed E-state index contributed by atoms with van der Waals surface area (Å²) < 4.78 is 0. The van der Waals surface area contributed by atoms with Crippen molar-refractivity contribution in [3.05, 3.63) is 23.8 Å². The lowest BCUT2D eigenvalue weighted by Crippen LogP contribution is -2.40. The Hall–Kier alpha value is -1.20. The molecule has 1 aliphatic heterocycles. The zero-order valence-corrected chi connectivity index (χ0v) is 13.6. The molecule has 1 atom stereocenters. The van der Waals surface area contributed by atoms with Crippen LogP contribution in [0.3, 0.4) is 0 Å². The normalized spacial score (nSPS) is 19.4. The molecule has 1 aromatic rings. The van der Waals surface area contributed by atoms with Crippen molar-refractivity contribution in [3.8, 4) is 0 Å². The Morgan fingerprint density at radius 3 is 2.95 bits per heavy atom. The van der Waals surface area contributed by atoms with Gasteiger partial charge in [-0.2, -0.15) is 0 Å². The zero-order valence-electron chi connectivity index (χ0n) is 12.8. The standard InChI is InChI=1S/C16H24N2O2S/c1-3-21-14-9-6-8-13(15(14)16(19)20)17-11-12-7-4-5-10-18(12)2/h6,8-9,12,17H,3-5,7,10-11H2,1-2H3,(H,19,20). The Morgan fingerprint density at radius 2 is 2.29 bits per heavy atom. The van der Waals surface area contributed by atoms with Crippen molar-refractivity contribution < 1.29 is 9.90 Å². The van der Waals surface area contributed by atoms with Crippen molar-refractivity contribution in [2.24, 2.45) is 0 Å². The van der Waals surface area contributed by atoms with E-state index < -0.39 is 5.97 Å². The molecule has 21 heavy (non-hydrogen) atoms. The molecule has 1 saturated heterocycles. The number of carbonyl (C=O) groups is 1. The van der Waals surface area contributed by atoms with Crippen molar-refractivity contribution in [2.45, 2.75) is 37.1 Å². The van der Waals surface area contributed by atoms with E-state index in [1.54, 1.807) is 11.8 Å². The molecular weight excluding hydrogens is 284 g/mol. The zero-order chi connectivity index (χ0) is 15.2. The molecule has 0 aromatic heterocycles. The highest BCUT2D eigenvalue weighted by molar-refractivity contribution is 7.99. The Balaban J connectivity index is 2.11. The number of carboxylic acids is 1. The van der Waals surface area contributed by atoms with E-state index in [0.29, 0.717) is 11.6 Å². The SMILES string of the molecule is CCSc1cccc(NCC2CCCCN2C)c1C(=O)O. The number of anilines is 1. The van der Waals surface area contributed by atoms with Crippen LogP contribution in [0.2, 0.25) is 0 Å². The van der Waals surface area contributed by atoms with Crippen molar-refractivity contribution in [1.29, 1.82) is 0 Å². The molecule has 1 aliphatic rings. The fourth-order valence-corrected chi connectivity index (χ4v) is 3.63. The molecule has 1 heterocycles. The van der Waals surface area contributed by atoms with Gasteiger partial charge in [-0.05, 0) is 44.3 Å². The largest absolute Gasteiger partial charge is 0.478 e. The Labute approximate surface area is 130 Å². The minimum Gasteiger partial charge on any atom is -0.478 e. The van der Waals surface area contributed by atoms with Crippen LogP contribution in [-0.4, -0.2) is 47.9 Å². The molecular formula is C16H24N2O2S. The minimum absolute atomic E-state index is 0.405. The molecule has 5 heteroatoms. The molecule has 1 fully saturated rings. The van der Waals surface area contributed by atoms with Crippen LogP contribution in [0, 0.1) is 0 Å². The number of thioether (sulfide) groups is 1. The summed E-state index contributed by atoms with van der Waals surface area (Å²) in [6, 6.07) is 6.17. The molecule has 0 saturated carbocycles. The van der Waals surface area contributed by atoms with Gasteiger partial charge >= 0.3 is 5.97 Å². The maximum atomic E-state index is 11.6. The second-order valence-electron chi connectivity index (χ2n) is 5.43. The molecule has 1 aromatic carbocycles. The molecule has 1 unspecified atom stereocenters. The number of nitrogens with zero attached hydrogens (tertiary/aromatic N) is 1. The monoisotopic (exact) mass is 308 g/mol. The molecule has 0 bridgehead atoms. The molecule has 4 nitrogen and oxygen atoms in total. The first-order chi connectivity index (χ1) is 10.1. The summed E-state index contributed by atoms with van der Waals surface area (Å²) in [5.41, 5.74) is 1.14. The van der Waals surface area contributed by atoms with Crippen LogP contribution in [0.15, 0.2) is 23.1 Å². The van der Waals surface area contributed by atoms with Gasteiger partial charge in [0.05, 0.1) is 5.56 Å². The van der Waals surface area contributed by atoms with Gasteiger partial charge in [0.25, 0.3) is 0 Å². The second-order valence-corrected chi connectivity index (χ2v) is 6.73. The number of nitrogens with one attached hydrogen (secondary N) is 1. The minimum atomic E-state index is -0.856. The third kappa shape index (κ3) is 4.14. The van der Waals surface area contributed by atoms with Crippen molar-refractivity contribution in [1.82, 2.24) is 4.90 Å². The van der Waals surface area contributed by atoms with E-state index in [0.717, 1.165) is 29.4 Å². The number of carboxylic acid groups (broad SMARTS) is 1. The number of rotatable bonds is 6. The Morgan fingerprint density at radius 1 is 1.48 bits per heavy atom. The molecule has 2 N–H and O–H groups in total. The predicted octanol–water partition coefficient (Wildman–Crippen LogP) is 3.39. The first-order valence-electron chi connectivity index (χ1n) is 7.56. The van der Waals surface area contributed by atoms with Gasteiger partial charge in [-0.1, -0.05) is 19.4 Å². The van der Waals surface area contributed by atoms with Crippen LogP contribution in [0.25, 0.3) is 0 Å². The average molecular weight is 308 g/mol. The van der Waals surface area contributed by atoms with E-state index in [9.17, 15) is 9.90 Å². The molecule has 2 rings (SSSR count). The van der Waals surface area contributed by atoms with Crippen molar-refractivity contribution in [3.63, 3.8) is 0 Å². The topological polar surface area (TPSA) is 52.6 Å². The summed E-state index contributed by atoms with van der Waals surface area (Å²) in [5.74, 6) is 0.0146. The maximum Gasteiger partial charge on any atom is 0.338 e.